The van der Waals surface area contributed by atoms with Gasteiger partial charge in [-0.05, 0) is 42.5 Å². The summed E-state index contributed by atoms with van der Waals surface area (Å²) in [5.74, 6) is 2.42. The third kappa shape index (κ3) is 3.02. The average Bonchev–Trinajstić information content (AvgIpc) is 3.22. The van der Waals surface area contributed by atoms with Gasteiger partial charge >= 0.3 is 0 Å². The lowest BCUT2D eigenvalue weighted by molar-refractivity contribution is 0.402. The van der Waals surface area contributed by atoms with Crippen LogP contribution in [0.25, 0.3) is 11.6 Å². The Morgan fingerprint density at radius 2 is 2.17 bits per heavy atom. The molecule has 0 atom stereocenters. The Balaban J connectivity index is 2.01. The number of methoxy groups -OCH3 is 2. The van der Waals surface area contributed by atoms with Crippen LogP contribution in [-0.4, -0.2) is 35.3 Å². The highest BCUT2D eigenvalue weighted by Crippen LogP contribution is 2.23. The zero-order chi connectivity index (χ0) is 16.2. The number of H-pyrrole nitrogens is 1. The fraction of sp³-hybridized carbons (Fsp3) is 0.133. The number of aromatic amines is 1. The van der Waals surface area contributed by atoms with Gasteiger partial charge in [0.05, 0.1) is 26.7 Å². The maximum atomic E-state index is 5.34. The summed E-state index contributed by atoms with van der Waals surface area (Å²) in [4.78, 5) is 0. The fourth-order valence-corrected chi connectivity index (χ4v) is 2.20. The van der Waals surface area contributed by atoms with Crippen LogP contribution in [0, 0.1) is 4.77 Å². The van der Waals surface area contributed by atoms with Crippen LogP contribution in [0.5, 0.6) is 11.5 Å². The molecule has 0 amide bonds. The minimum absolute atomic E-state index is 0.356. The molecular formula is C15H14N4O3S. The molecular weight excluding hydrogens is 316 g/mol. The van der Waals surface area contributed by atoms with Gasteiger partial charge in [0, 0.05) is 5.56 Å². The first-order valence-electron chi connectivity index (χ1n) is 6.70. The first kappa shape index (κ1) is 15.0. The van der Waals surface area contributed by atoms with E-state index >= 15 is 0 Å². The van der Waals surface area contributed by atoms with Gasteiger partial charge in [-0.15, -0.1) is 5.10 Å². The van der Waals surface area contributed by atoms with Crippen molar-refractivity contribution in [2.75, 3.05) is 14.2 Å². The highest BCUT2D eigenvalue weighted by Gasteiger charge is 2.11. The van der Waals surface area contributed by atoms with E-state index in [-0.39, 0.29) is 0 Å². The van der Waals surface area contributed by atoms with E-state index in [1.54, 1.807) is 38.8 Å². The number of furan rings is 1. The number of rotatable bonds is 5. The lowest BCUT2D eigenvalue weighted by Gasteiger charge is -2.06. The molecule has 8 heteroatoms. The van der Waals surface area contributed by atoms with Crippen molar-refractivity contribution < 1.29 is 13.9 Å². The van der Waals surface area contributed by atoms with E-state index in [0.29, 0.717) is 27.9 Å². The van der Waals surface area contributed by atoms with Gasteiger partial charge in [-0.2, -0.15) is 9.78 Å². The Bertz CT molecular complexity index is 881. The largest absolute Gasteiger partial charge is 0.497 e. The highest BCUT2D eigenvalue weighted by atomic mass is 32.1. The summed E-state index contributed by atoms with van der Waals surface area (Å²) in [6, 6.07) is 8.99. The van der Waals surface area contributed by atoms with Gasteiger partial charge in [0.2, 0.25) is 10.6 Å². The third-order valence-corrected chi connectivity index (χ3v) is 3.41. The van der Waals surface area contributed by atoms with Crippen molar-refractivity contribution in [3.63, 3.8) is 0 Å². The van der Waals surface area contributed by atoms with E-state index in [0.717, 1.165) is 5.56 Å². The molecule has 0 aliphatic rings. The Kier molecular flexibility index (Phi) is 4.24. The van der Waals surface area contributed by atoms with Crippen molar-refractivity contribution in [3.05, 3.63) is 46.9 Å². The van der Waals surface area contributed by atoms with Crippen molar-refractivity contribution in [2.45, 2.75) is 0 Å². The summed E-state index contributed by atoms with van der Waals surface area (Å²) < 4.78 is 17.7. The molecule has 23 heavy (non-hydrogen) atoms. The molecule has 1 N–H and O–H groups in total. The predicted molar refractivity (Wildman–Crippen MR) is 87.7 cm³/mol. The van der Waals surface area contributed by atoms with Gasteiger partial charge in [-0.25, -0.2) is 5.10 Å². The summed E-state index contributed by atoms with van der Waals surface area (Å²) in [6.45, 7) is 0. The Morgan fingerprint density at radius 1 is 1.30 bits per heavy atom. The molecule has 0 radical (unpaired) electrons. The minimum atomic E-state index is 0.356. The minimum Gasteiger partial charge on any atom is -0.497 e. The molecule has 0 aliphatic heterocycles. The second-order valence-electron chi connectivity index (χ2n) is 4.49. The van der Waals surface area contributed by atoms with Gasteiger partial charge in [0.1, 0.15) is 11.5 Å². The second kappa shape index (κ2) is 6.49. The van der Waals surface area contributed by atoms with Crippen LogP contribution in [-0.2, 0) is 0 Å². The van der Waals surface area contributed by atoms with E-state index < -0.39 is 0 Å². The number of aromatic nitrogens is 3. The van der Waals surface area contributed by atoms with Gasteiger partial charge in [0.15, 0.2) is 5.76 Å². The van der Waals surface area contributed by atoms with Crippen LogP contribution in [0.1, 0.15) is 5.56 Å². The molecule has 0 unspecified atom stereocenters. The quantitative estimate of drug-likeness (QED) is 0.574. The van der Waals surface area contributed by atoms with E-state index in [4.69, 9.17) is 26.1 Å². The monoisotopic (exact) mass is 330 g/mol. The van der Waals surface area contributed by atoms with Crippen LogP contribution in [0.3, 0.4) is 0 Å². The fourth-order valence-electron chi connectivity index (χ4n) is 2.02. The molecule has 118 valence electrons. The first-order valence-corrected chi connectivity index (χ1v) is 7.11. The normalized spacial score (nSPS) is 11.0. The summed E-state index contributed by atoms with van der Waals surface area (Å²) in [6.07, 6.45) is 3.19. The molecule has 0 saturated heterocycles. The number of benzene rings is 1. The van der Waals surface area contributed by atoms with Crippen molar-refractivity contribution in [1.29, 1.82) is 0 Å². The molecule has 0 bridgehead atoms. The average molecular weight is 330 g/mol. The molecule has 0 spiro atoms. The summed E-state index contributed by atoms with van der Waals surface area (Å²) >= 11 is 5.21. The lowest BCUT2D eigenvalue weighted by atomic mass is 10.2. The molecule has 2 aromatic heterocycles. The van der Waals surface area contributed by atoms with E-state index in [1.165, 1.54) is 4.68 Å². The molecule has 0 saturated carbocycles. The smallest absolute Gasteiger partial charge is 0.219 e. The maximum absolute atomic E-state index is 5.34. The topological polar surface area (TPSA) is 77.6 Å². The van der Waals surface area contributed by atoms with Crippen molar-refractivity contribution in [1.82, 2.24) is 14.9 Å². The van der Waals surface area contributed by atoms with Gasteiger partial charge in [-0.3, -0.25) is 0 Å². The van der Waals surface area contributed by atoms with E-state index in [9.17, 15) is 0 Å². The molecule has 1 aromatic carbocycles. The summed E-state index contributed by atoms with van der Waals surface area (Å²) in [5, 5.41) is 11.2. The first-order chi connectivity index (χ1) is 11.2. The Labute approximate surface area is 137 Å². The zero-order valence-electron chi connectivity index (χ0n) is 12.5. The van der Waals surface area contributed by atoms with E-state index in [2.05, 4.69) is 15.3 Å². The summed E-state index contributed by atoms with van der Waals surface area (Å²) in [7, 11) is 3.20. The predicted octanol–water partition coefficient (Wildman–Crippen LogP) is 3.10. The SMILES string of the molecule is COc1ccc(OC)c(C=Nn2c(-c3ccco3)n[nH]c2=S)c1. The van der Waals surface area contributed by atoms with Gasteiger partial charge < -0.3 is 13.9 Å². The van der Waals surface area contributed by atoms with Crippen LogP contribution in [0.2, 0.25) is 0 Å². The molecule has 3 aromatic rings. The number of nitrogens with one attached hydrogen (secondary N) is 1. The Hall–Kier alpha value is -2.87. The number of hydrogen-bond acceptors (Lipinski definition) is 6. The number of hydrogen-bond donors (Lipinski definition) is 1. The molecule has 3 rings (SSSR count). The maximum Gasteiger partial charge on any atom is 0.219 e. The Morgan fingerprint density at radius 3 is 2.87 bits per heavy atom. The molecule has 7 nitrogen and oxygen atoms in total. The van der Waals surface area contributed by atoms with Crippen LogP contribution < -0.4 is 9.47 Å². The van der Waals surface area contributed by atoms with Crippen LogP contribution in [0.4, 0.5) is 0 Å². The van der Waals surface area contributed by atoms with Crippen molar-refractivity contribution in [3.8, 4) is 23.1 Å². The van der Waals surface area contributed by atoms with Crippen molar-refractivity contribution in [2.24, 2.45) is 5.10 Å². The highest BCUT2D eigenvalue weighted by molar-refractivity contribution is 7.71. The van der Waals surface area contributed by atoms with Crippen LogP contribution >= 0.6 is 12.2 Å². The molecule has 0 aliphatic carbocycles. The van der Waals surface area contributed by atoms with Gasteiger partial charge in [0.25, 0.3) is 0 Å². The number of ether oxygens (including phenoxy) is 2. The second-order valence-corrected chi connectivity index (χ2v) is 4.88. The number of nitrogens with zero attached hydrogens (tertiary/aromatic N) is 3. The van der Waals surface area contributed by atoms with Crippen LogP contribution in [0.15, 0.2) is 46.1 Å². The standard InChI is InChI=1S/C15H14N4O3S/c1-20-11-5-6-12(21-2)10(8-11)9-16-19-14(17-18-15(19)23)13-4-3-7-22-13/h3-9H,1-2H3,(H,18,23). The molecule has 2 heterocycles. The third-order valence-electron chi connectivity index (χ3n) is 3.14. The van der Waals surface area contributed by atoms with Crippen molar-refractivity contribution >= 4 is 18.4 Å². The summed E-state index contributed by atoms with van der Waals surface area (Å²) in [5.41, 5.74) is 0.750. The lowest BCUT2D eigenvalue weighted by Crippen LogP contribution is -1.97. The van der Waals surface area contributed by atoms with E-state index in [1.807, 2.05) is 18.2 Å². The molecule has 0 fully saturated rings. The van der Waals surface area contributed by atoms with Gasteiger partial charge in [-0.1, -0.05) is 0 Å². The zero-order valence-corrected chi connectivity index (χ0v) is 13.3.